The first kappa shape index (κ1) is 18.2. The molecule has 30 heavy (non-hydrogen) atoms. The highest BCUT2D eigenvalue weighted by atomic mass is 32.1. The van der Waals surface area contributed by atoms with E-state index in [2.05, 4.69) is 40.6 Å². The summed E-state index contributed by atoms with van der Waals surface area (Å²) in [6.45, 7) is 3.37. The SMILES string of the molecule is Cc1ccc2c3c(ccc2n1)OC[C@H](CNC1CCc2sc4ccccc4c2C1)O3. The summed E-state index contributed by atoms with van der Waals surface area (Å²) < 4.78 is 13.8. The predicted molar refractivity (Wildman–Crippen MR) is 122 cm³/mol. The Balaban J connectivity index is 1.17. The Kier molecular flexibility index (Phi) is 4.39. The van der Waals surface area contributed by atoms with Crippen molar-refractivity contribution in [3.05, 3.63) is 64.7 Å². The van der Waals surface area contributed by atoms with Crippen LogP contribution in [0.1, 0.15) is 22.6 Å². The lowest BCUT2D eigenvalue weighted by Crippen LogP contribution is -2.44. The number of thiophene rings is 1. The second kappa shape index (κ2) is 7.25. The molecular weight excluding hydrogens is 392 g/mol. The van der Waals surface area contributed by atoms with Crippen LogP contribution in [0.15, 0.2) is 48.5 Å². The fourth-order valence-electron chi connectivity index (χ4n) is 4.68. The summed E-state index contributed by atoms with van der Waals surface area (Å²) >= 11 is 1.96. The van der Waals surface area contributed by atoms with Crippen LogP contribution in [0, 0.1) is 6.92 Å². The zero-order valence-electron chi connectivity index (χ0n) is 17.0. The highest BCUT2D eigenvalue weighted by Gasteiger charge is 2.26. The molecule has 0 radical (unpaired) electrons. The van der Waals surface area contributed by atoms with Crippen molar-refractivity contribution in [3.63, 3.8) is 0 Å². The summed E-state index contributed by atoms with van der Waals surface area (Å²) in [6, 6.07) is 17.4. The van der Waals surface area contributed by atoms with E-state index in [1.54, 1.807) is 4.88 Å². The molecule has 1 aliphatic carbocycles. The molecule has 0 saturated carbocycles. The number of ether oxygens (including phenoxy) is 2. The van der Waals surface area contributed by atoms with E-state index >= 15 is 0 Å². The van der Waals surface area contributed by atoms with Gasteiger partial charge in [0.2, 0.25) is 0 Å². The van der Waals surface area contributed by atoms with Gasteiger partial charge in [-0.15, -0.1) is 11.3 Å². The van der Waals surface area contributed by atoms with Crippen molar-refractivity contribution < 1.29 is 9.47 Å². The average Bonchev–Trinajstić information content (AvgIpc) is 3.15. The largest absolute Gasteiger partial charge is 0.486 e. The van der Waals surface area contributed by atoms with Gasteiger partial charge in [0.25, 0.3) is 0 Å². The number of hydrogen-bond acceptors (Lipinski definition) is 5. The third kappa shape index (κ3) is 3.13. The topological polar surface area (TPSA) is 43.4 Å². The van der Waals surface area contributed by atoms with Gasteiger partial charge in [-0.25, -0.2) is 0 Å². The summed E-state index contributed by atoms with van der Waals surface area (Å²) in [7, 11) is 0. The summed E-state index contributed by atoms with van der Waals surface area (Å²) in [5.41, 5.74) is 3.50. The molecule has 152 valence electrons. The first-order chi connectivity index (χ1) is 14.7. The number of benzene rings is 2. The Labute approximate surface area is 179 Å². The molecule has 2 atom stereocenters. The molecule has 2 aliphatic rings. The molecule has 4 nitrogen and oxygen atoms in total. The summed E-state index contributed by atoms with van der Waals surface area (Å²) in [4.78, 5) is 6.18. The van der Waals surface area contributed by atoms with Crippen molar-refractivity contribution in [1.29, 1.82) is 0 Å². The molecule has 1 aliphatic heterocycles. The first-order valence-corrected chi connectivity index (χ1v) is 11.5. The third-order valence-electron chi connectivity index (χ3n) is 6.22. The van der Waals surface area contributed by atoms with Crippen LogP contribution in [0.4, 0.5) is 0 Å². The van der Waals surface area contributed by atoms with E-state index in [-0.39, 0.29) is 6.10 Å². The lowest BCUT2D eigenvalue weighted by molar-refractivity contribution is 0.0897. The quantitative estimate of drug-likeness (QED) is 0.508. The molecular formula is C25H24N2O2S. The highest BCUT2D eigenvalue weighted by molar-refractivity contribution is 7.19. The van der Waals surface area contributed by atoms with Crippen LogP contribution in [0.2, 0.25) is 0 Å². The minimum atomic E-state index is 0.00465. The molecule has 0 bridgehead atoms. The number of pyridine rings is 1. The zero-order valence-corrected chi connectivity index (χ0v) is 17.8. The van der Waals surface area contributed by atoms with Gasteiger partial charge in [0.1, 0.15) is 12.7 Å². The number of nitrogens with zero attached hydrogens (tertiary/aromatic N) is 1. The van der Waals surface area contributed by atoms with Crippen molar-refractivity contribution in [1.82, 2.24) is 10.3 Å². The van der Waals surface area contributed by atoms with Crippen LogP contribution in [0.3, 0.4) is 0 Å². The first-order valence-electron chi connectivity index (χ1n) is 10.7. The Hall–Kier alpha value is -2.63. The number of fused-ring (bicyclic) bond motifs is 6. The minimum Gasteiger partial charge on any atom is -0.486 e. The van der Waals surface area contributed by atoms with Crippen LogP contribution in [-0.2, 0) is 12.8 Å². The minimum absolute atomic E-state index is 0.00465. The summed E-state index contributed by atoms with van der Waals surface area (Å²) in [5.74, 6) is 1.64. The van der Waals surface area contributed by atoms with Crippen LogP contribution < -0.4 is 14.8 Å². The van der Waals surface area contributed by atoms with Crippen LogP contribution in [-0.4, -0.2) is 30.3 Å². The molecule has 1 N–H and O–H groups in total. The van der Waals surface area contributed by atoms with Gasteiger partial charge in [-0.1, -0.05) is 18.2 Å². The van der Waals surface area contributed by atoms with Gasteiger partial charge in [-0.3, -0.25) is 4.98 Å². The van der Waals surface area contributed by atoms with Gasteiger partial charge in [0, 0.05) is 33.2 Å². The molecule has 0 fully saturated rings. The highest BCUT2D eigenvalue weighted by Crippen LogP contribution is 2.39. The fraction of sp³-hybridized carbons (Fsp3) is 0.320. The van der Waals surface area contributed by atoms with Crippen molar-refractivity contribution in [3.8, 4) is 11.5 Å². The smallest absolute Gasteiger partial charge is 0.171 e. The second-order valence-corrected chi connectivity index (χ2v) is 9.45. The molecule has 0 saturated heterocycles. The van der Waals surface area contributed by atoms with E-state index in [0.717, 1.165) is 47.5 Å². The molecule has 0 amide bonds. The molecule has 5 heteroatoms. The molecule has 1 unspecified atom stereocenters. The van der Waals surface area contributed by atoms with Crippen molar-refractivity contribution >= 4 is 32.3 Å². The maximum absolute atomic E-state index is 6.38. The van der Waals surface area contributed by atoms with E-state index in [1.807, 2.05) is 36.5 Å². The molecule has 0 spiro atoms. The van der Waals surface area contributed by atoms with E-state index in [1.165, 1.54) is 22.1 Å². The van der Waals surface area contributed by atoms with Gasteiger partial charge in [-0.2, -0.15) is 0 Å². The summed E-state index contributed by atoms with van der Waals surface area (Å²) in [5, 5.41) is 6.22. The van der Waals surface area contributed by atoms with Gasteiger partial charge < -0.3 is 14.8 Å². The molecule has 4 aromatic rings. The second-order valence-electron chi connectivity index (χ2n) is 8.31. The zero-order chi connectivity index (χ0) is 20.1. The van der Waals surface area contributed by atoms with E-state index in [9.17, 15) is 0 Å². The van der Waals surface area contributed by atoms with E-state index < -0.39 is 0 Å². The van der Waals surface area contributed by atoms with Gasteiger partial charge in [-0.05, 0) is 67.5 Å². The van der Waals surface area contributed by atoms with Crippen molar-refractivity contribution in [2.24, 2.45) is 0 Å². The van der Waals surface area contributed by atoms with Gasteiger partial charge in [0.05, 0.1) is 5.52 Å². The maximum atomic E-state index is 6.38. The molecule has 2 aromatic carbocycles. The molecule has 3 heterocycles. The number of nitrogens with one attached hydrogen (secondary N) is 1. The van der Waals surface area contributed by atoms with Gasteiger partial charge >= 0.3 is 0 Å². The molecule has 6 rings (SSSR count). The standard InChI is InChI=1S/C25H24N2O2S/c1-15-6-8-19-21(27-15)9-10-22-25(19)29-17(14-28-22)13-26-16-7-11-24-20(12-16)18-4-2-3-5-23(18)30-24/h2-6,8-10,16-17,26H,7,11-14H2,1H3/t16?,17-/m0/s1. The number of aryl methyl sites for hydroxylation is 2. The third-order valence-corrected chi connectivity index (χ3v) is 7.49. The number of rotatable bonds is 3. The monoisotopic (exact) mass is 416 g/mol. The molecule has 2 aromatic heterocycles. The predicted octanol–water partition coefficient (Wildman–Crippen LogP) is 5.04. The normalized spacial score (nSPS) is 20.4. The Morgan fingerprint density at radius 2 is 2.03 bits per heavy atom. The van der Waals surface area contributed by atoms with Crippen LogP contribution >= 0.6 is 11.3 Å². The Morgan fingerprint density at radius 3 is 3.00 bits per heavy atom. The van der Waals surface area contributed by atoms with Crippen molar-refractivity contribution in [2.45, 2.75) is 38.3 Å². The van der Waals surface area contributed by atoms with Gasteiger partial charge in [0.15, 0.2) is 11.5 Å². The van der Waals surface area contributed by atoms with Crippen LogP contribution in [0.5, 0.6) is 11.5 Å². The fourth-order valence-corrected chi connectivity index (χ4v) is 5.93. The Bertz CT molecular complexity index is 1250. The lowest BCUT2D eigenvalue weighted by atomic mass is 9.92. The van der Waals surface area contributed by atoms with Crippen LogP contribution in [0.25, 0.3) is 21.0 Å². The average molecular weight is 417 g/mol. The van der Waals surface area contributed by atoms with Crippen molar-refractivity contribution in [2.75, 3.05) is 13.2 Å². The Morgan fingerprint density at radius 1 is 1.10 bits per heavy atom. The number of aromatic nitrogens is 1. The maximum Gasteiger partial charge on any atom is 0.171 e. The summed E-state index contributed by atoms with van der Waals surface area (Å²) in [6.07, 6.45) is 3.43. The van der Waals surface area contributed by atoms with E-state index in [0.29, 0.717) is 12.6 Å². The van der Waals surface area contributed by atoms with E-state index in [4.69, 9.17) is 9.47 Å². The lowest BCUT2D eigenvalue weighted by Gasteiger charge is -2.30. The number of hydrogen-bond donors (Lipinski definition) is 1.